The van der Waals surface area contributed by atoms with Gasteiger partial charge in [0.1, 0.15) is 11.6 Å². The quantitative estimate of drug-likeness (QED) is 0.859. The fourth-order valence-corrected chi connectivity index (χ4v) is 1.97. The van der Waals surface area contributed by atoms with Crippen LogP contribution in [0.15, 0.2) is 48.5 Å². The van der Waals surface area contributed by atoms with E-state index in [0.29, 0.717) is 6.54 Å². The molecule has 21 heavy (non-hydrogen) atoms. The van der Waals surface area contributed by atoms with Crippen molar-refractivity contribution in [3.63, 3.8) is 0 Å². The highest BCUT2D eigenvalue weighted by Gasteiger charge is 2.07. The van der Waals surface area contributed by atoms with Crippen LogP contribution in [0.4, 0.5) is 13.2 Å². The van der Waals surface area contributed by atoms with Crippen LogP contribution in [0.25, 0.3) is 0 Å². The number of nitrogens with one attached hydrogen (secondary N) is 1. The third-order valence-electron chi connectivity index (χ3n) is 3.11. The summed E-state index contributed by atoms with van der Waals surface area (Å²) in [5, 5.41) is 3.25. The van der Waals surface area contributed by atoms with Crippen molar-refractivity contribution >= 4 is 0 Å². The van der Waals surface area contributed by atoms with Gasteiger partial charge in [-0.1, -0.05) is 24.3 Å². The van der Waals surface area contributed by atoms with E-state index < -0.39 is 6.61 Å². The van der Waals surface area contributed by atoms with Crippen molar-refractivity contribution in [2.45, 2.75) is 26.1 Å². The first-order chi connectivity index (χ1) is 10.0. The first-order valence-electron chi connectivity index (χ1n) is 6.57. The number of halogens is 3. The Morgan fingerprint density at radius 3 is 2.43 bits per heavy atom. The molecule has 5 heteroatoms. The molecule has 0 aliphatic heterocycles. The number of alkyl halides is 2. The molecule has 2 rings (SSSR count). The summed E-state index contributed by atoms with van der Waals surface area (Å²) in [6.07, 6.45) is 0. The Bertz CT molecular complexity index is 572. The van der Waals surface area contributed by atoms with Crippen LogP contribution in [-0.2, 0) is 6.54 Å². The van der Waals surface area contributed by atoms with Gasteiger partial charge in [0.2, 0.25) is 0 Å². The summed E-state index contributed by atoms with van der Waals surface area (Å²) in [5.74, 6) is -0.137. The molecule has 0 saturated heterocycles. The molecule has 1 N–H and O–H groups in total. The number of ether oxygens (including phenoxy) is 1. The number of rotatable bonds is 6. The van der Waals surface area contributed by atoms with E-state index in [1.54, 1.807) is 18.2 Å². The van der Waals surface area contributed by atoms with Gasteiger partial charge in [-0.3, -0.25) is 0 Å². The van der Waals surface area contributed by atoms with Gasteiger partial charge in [0.15, 0.2) is 0 Å². The third-order valence-corrected chi connectivity index (χ3v) is 3.11. The van der Waals surface area contributed by atoms with E-state index >= 15 is 0 Å². The zero-order valence-electron chi connectivity index (χ0n) is 11.5. The minimum absolute atomic E-state index is 0.00821. The van der Waals surface area contributed by atoms with Gasteiger partial charge in [-0.2, -0.15) is 8.78 Å². The summed E-state index contributed by atoms with van der Waals surface area (Å²) in [6.45, 7) is -0.351. The van der Waals surface area contributed by atoms with Crippen molar-refractivity contribution in [1.29, 1.82) is 0 Å². The molecule has 0 radical (unpaired) electrons. The molecular formula is C16H16F3NO. The summed E-state index contributed by atoms with van der Waals surface area (Å²) >= 11 is 0. The zero-order valence-corrected chi connectivity index (χ0v) is 11.5. The molecule has 0 aliphatic carbocycles. The Kier molecular flexibility index (Phi) is 5.22. The van der Waals surface area contributed by atoms with Crippen molar-refractivity contribution in [1.82, 2.24) is 5.32 Å². The Morgan fingerprint density at radius 1 is 1.10 bits per heavy atom. The van der Waals surface area contributed by atoms with E-state index in [4.69, 9.17) is 0 Å². The maximum Gasteiger partial charge on any atom is 0.387 e. The fourth-order valence-electron chi connectivity index (χ4n) is 1.97. The Morgan fingerprint density at radius 2 is 1.81 bits per heavy atom. The molecule has 1 atom stereocenters. The molecule has 0 fully saturated rings. The van der Waals surface area contributed by atoms with Gasteiger partial charge in [0.05, 0.1) is 0 Å². The lowest BCUT2D eigenvalue weighted by Gasteiger charge is -2.15. The van der Waals surface area contributed by atoms with Crippen LogP contribution in [0.2, 0.25) is 0 Å². The average Bonchev–Trinajstić information content (AvgIpc) is 2.45. The van der Waals surface area contributed by atoms with Crippen molar-refractivity contribution in [2.75, 3.05) is 0 Å². The molecule has 0 bridgehead atoms. The van der Waals surface area contributed by atoms with Crippen LogP contribution in [0.1, 0.15) is 24.1 Å². The largest absolute Gasteiger partial charge is 0.435 e. The lowest BCUT2D eigenvalue weighted by Crippen LogP contribution is -2.18. The van der Waals surface area contributed by atoms with Gasteiger partial charge in [-0.15, -0.1) is 0 Å². The highest BCUT2D eigenvalue weighted by Crippen LogP contribution is 2.19. The molecule has 0 saturated carbocycles. The average molecular weight is 295 g/mol. The van der Waals surface area contributed by atoms with Gasteiger partial charge in [0.25, 0.3) is 0 Å². The molecule has 0 heterocycles. The number of hydrogen-bond acceptors (Lipinski definition) is 2. The van der Waals surface area contributed by atoms with Crippen molar-refractivity contribution in [3.05, 3.63) is 65.5 Å². The maximum absolute atomic E-state index is 13.1. The topological polar surface area (TPSA) is 21.3 Å². The molecule has 112 valence electrons. The summed E-state index contributed by atoms with van der Waals surface area (Å²) in [5.41, 5.74) is 1.78. The Hall–Kier alpha value is -2.01. The monoisotopic (exact) mass is 295 g/mol. The molecule has 0 aromatic heterocycles. The second-order valence-electron chi connectivity index (χ2n) is 4.68. The van der Waals surface area contributed by atoms with E-state index in [0.717, 1.165) is 11.1 Å². The molecule has 2 nitrogen and oxygen atoms in total. The van der Waals surface area contributed by atoms with Crippen molar-refractivity contribution in [3.8, 4) is 5.75 Å². The first-order valence-corrected chi connectivity index (χ1v) is 6.57. The number of benzene rings is 2. The Balaban J connectivity index is 1.92. The standard InChI is InChI=1S/C16H16F3NO/c1-11(20-10-12-3-2-4-14(17)9-12)13-5-7-15(8-6-13)21-16(18)19/h2-9,11,16,20H,10H2,1H3. The summed E-state index contributed by atoms with van der Waals surface area (Å²) in [7, 11) is 0. The molecule has 1 unspecified atom stereocenters. The van der Waals surface area contributed by atoms with Crippen molar-refractivity contribution in [2.24, 2.45) is 0 Å². The molecule has 0 aliphatic rings. The van der Waals surface area contributed by atoms with Crippen LogP contribution in [-0.4, -0.2) is 6.61 Å². The van der Waals surface area contributed by atoms with Gasteiger partial charge < -0.3 is 10.1 Å². The molecule has 0 spiro atoms. The summed E-state index contributed by atoms with van der Waals surface area (Å²) in [6, 6.07) is 12.8. The van der Waals surface area contributed by atoms with E-state index in [1.165, 1.54) is 24.3 Å². The molecular weight excluding hydrogens is 279 g/mol. The summed E-state index contributed by atoms with van der Waals surface area (Å²) in [4.78, 5) is 0. The second kappa shape index (κ2) is 7.13. The Labute approximate surface area is 121 Å². The van der Waals surface area contributed by atoms with Gasteiger partial charge in [-0.05, 0) is 42.3 Å². The van der Waals surface area contributed by atoms with E-state index in [2.05, 4.69) is 10.1 Å². The summed E-state index contributed by atoms with van der Waals surface area (Å²) < 4.78 is 41.5. The van der Waals surface area contributed by atoms with Gasteiger partial charge in [-0.25, -0.2) is 4.39 Å². The van der Waals surface area contributed by atoms with Crippen LogP contribution >= 0.6 is 0 Å². The van der Waals surface area contributed by atoms with Crippen molar-refractivity contribution < 1.29 is 17.9 Å². The molecule has 2 aromatic carbocycles. The third kappa shape index (κ3) is 4.79. The SMILES string of the molecule is CC(NCc1cccc(F)c1)c1ccc(OC(F)F)cc1. The normalized spacial score (nSPS) is 12.4. The minimum atomic E-state index is -2.82. The molecule has 0 amide bonds. The highest BCUT2D eigenvalue weighted by atomic mass is 19.3. The predicted octanol–water partition coefficient (Wildman–Crippen LogP) is 4.28. The van der Waals surface area contributed by atoms with Gasteiger partial charge in [0, 0.05) is 12.6 Å². The highest BCUT2D eigenvalue weighted by molar-refractivity contribution is 5.29. The van der Waals surface area contributed by atoms with E-state index in [1.807, 2.05) is 13.0 Å². The van der Waals surface area contributed by atoms with Crippen LogP contribution in [0, 0.1) is 5.82 Å². The second-order valence-corrected chi connectivity index (χ2v) is 4.68. The zero-order chi connectivity index (χ0) is 15.2. The molecule has 2 aromatic rings. The van der Waals surface area contributed by atoms with Crippen LogP contribution in [0.3, 0.4) is 0 Å². The van der Waals surface area contributed by atoms with Crippen LogP contribution < -0.4 is 10.1 Å². The lowest BCUT2D eigenvalue weighted by molar-refractivity contribution is -0.0498. The first kappa shape index (κ1) is 15.4. The maximum atomic E-state index is 13.1. The number of hydrogen-bond donors (Lipinski definition) is 1. The smallest absolute Gasteiger partial charge is 0.387 e. The lowest BCUT2D eigenvalue weighted by atomic mass is 10.1. The van der Waals surface area contributed by atoms with E-state index in [-0.39, 0.29) is 17.6 Å². The van der Waals surface area contributed by atoms with Crippen LogP contribution in [0.5, 0.6) is 5.75 Å². The minimum Gasteiger partial charge on any atom is -0.435 e. The van der Waals surface area contributed by atoms with E-state index in [9.17, 15) is 13.2 Å². The predicted molar refractivity (Wildman–Crippen MR) is 74.7 cm³/mol. The fraction of sp³-hybridized carbons (Fsp3) is 0.250. The van der Waals surface area contributed by atoms with Gasteiger partial charge >= 0.3 is 6.61 Å².